The van der Waals surface area contributed by atoms with Gasteiger partial charge in [-0.15, -0.1) is 11.3 Å². The maximum absolute atomic E-state index is 12.9. The van der Waals surface area contributed by atoms with Gasteiger partial charge >= 0.3 is 6.09 Å². The average Bonchev–Trinajstić information content (AvgIpc) is 3.27. The second-order valence-corrected chi connectivity index (χ2v) is 9.19. The molecule has 0 radical (unpaired) electrons. The van der Waals surface area contributed by atoms with Crippen LogP contribution in [0.4, 0.5) is 9.93 Å². The van der Waals surface area contributed by atoms with Gasteiger partial charge in [-0.05, 0) is 43.4 Å². The van der Waals surface area contributed by atoms with E-state index in [4.69, 9.17) is 9.15 Å². The van der Waals surface area contributed by atoms with Gasteiger partial charge in [0.2, 0.25) is 5.91 Å². The molecular formula is C24H24N4O5S. The topological polar surface area (TPSA) is 114 Å². The fourth-order valence-electron chi connectivity index (χ4n) is 3.77. The third-order valence-corrected chi connectivity index (χ3v) is 6.48. The highest BCUT2D eigenvalue weighted by Gasteiger charge is 2.35. The van der Waals surface area contributed by atoms with Crippen molar-refractivity contribution < 1.29 is 23.5 Å². The van der Waals surface area contributed by atoms with Gasteiger partial charge in [0.25, 0.3) is 5.91 Å². The van der Waals surface area contributed by atoms with Crippen molar-refractivity contribution in [3.8, 4) is 11.5 Å². The van der Waals surface area contributed by atoms with Crippen LogP contribution in [-0.2, 0) is 16.1 Å². The number of furan rings is 1. The van der Waals surface area contributed by atoms with Gasteiger partial charge in [0.15, 0.2) is 16.7 Å². The molecule has 5 rings (SSSR count). The van der Waals surface area contributed by atoms with Crippen LogP contribution in [0.1, 0.15) is 41.8 Å². The number of rotatable bonds is 7. The van der Waals surface area contributed by atoms with E-state index in [-0.39, 0.29) is 30.2 Å². The zero-order valence-corrected chi connectivity index (χ0v) is 19.2. The van der Waals surface area contributed by atoms with Crippen LogP contribution >= 0.6 is 11.3 Å². The second-order valence-electron chi connectivity index (χ2n) is 8.33. The minimum atomic E-state index is -0.614. The first-order valence-corrected chi connectivity index (χ1v) is 12.1. The minimum Gasteiger partial charge on any atom is -0.449 e. The molecule has 3 amide bonds. The maximum atomic E-state index is 12.9. The molecule has 2 N–H and O–H groups in total. The van der Waals surface area contributed by atoms with Crippen LogP contribution in [0.25, 0.3) is 11.5 Å². The third-order valence-electron chi connectivity index (χ3n) is 5.72. The summed E-state index contributed by atoms with van der Waals surface area (Å²) in [7, 11) is 0. The monoisotopic (exact) mass is 480 g/mol. The number of ether oxygens (including phenoxy) is 1. The van der Waals surface area contributed by atoms with Crippen molar-refractivity contribution in [1.82, 2.24) is 15.2 Å². The van der Waals surface area contributed by atoms with Crippen LogP contribution in [0.2, 0.25) is 0 Å². The van der Waals surface area contributed by atoms with Crippen molar-refractivity contribution >= 4 is 34.4 Å². The predicted molar refractivity (Wildman–Crippen MR) is 125 cm³/mol. The summed E-state index contributed by atoms with van der Waals surface area (Å²) in [5.74, 6) is 0.137. The Hall–Kier alpha value is -3.66. The van der Waals surface area contributed by atoms with Crippen LogP contribution in [0.15, 0.2) is 52.3 Å². The zero-order valence-electron chi connectivity index (χ0n) is 18.4. The number of nitrogens with one attached hydrogen (secondary N) is 2. The lowest BCUT2D eigenvalue weighted by Crippen LogP contribution is -2.43. The SMILES string of the molecule is O=C(NC1CC1)c1ccc(-c2csc(NC(=O)C3CCCN3C(=O)OCc3ccccc3)n2)o1. The van der Waals surface area contributed by atoms with E-state index in [9.17, 15) is 14.4 Å². The molecule has 10 heteroatoms. The first-order chi connectivity index (χ1) is 16.6. The van der Waals surface area contributed by atoms with E-state index >= 15 is 0 Å². The number of benzene rings is 1. The van der Waals surface area contributed by atoms with Crippen molar-refractivity contribution in [1.29, 1.82) is 0 Å². The predicted octanol–water partition coefficient (Wildman–Crippen LogP) is 4.04. The number of hydrogen-bond donors (Lipinski definition) is 2. The van der Waals surface area contributed by atoms with E-state index in [0.717, 1.165) is 24.8 Å². The highest BCUT2D eigenvalue weighted by molar-refractivity contribution is 7.14. The Bertz CT molecular complexity index is 1190. The van der Waals surface area contributed by atoms with Crippen molar-refractivity contribution in [2.45, 2.75) is 44.4 Å². The van der Waals surface area contributed by atoms with Crippen LogP contribution in [0, 0.1) is 0 Å². The summed E-state index contributed by atoms with van der Waals surface area (Å²) in [6.45, 7) is 0.622. The lowest BCUT2D eigenvalue weighted by atomic mass is 10.2. The number of carbonyl (C=O) groups excluding carboxylic acids is 3. The Morgan fingerprint density at radius 2 is 1.94 bits per heavy atom. The molecule has 1 saturated carbocycles. The van der Waals surface area contributed by atoms with Crippen molar-refractivity contribution in [2.75, 3.05) is 11.9 Å². The van der Waals surface area contributed by atoms with Gasteiger partial charge in [-0.3, -0.25) is 14.5 Å². The number of amides is 3. The number of thiazole rings is 1. The molecule has 1 aromatic carbocycles. The number of hydrogen-bond acceptors (Lipinski definition) is 7. The lowest BCUT2D eigenvalue weighted by molar-refractivity contribution is -0.120. The summed E-state index contributed by atoms with van der Waals surface area (Å²) in [4.78, 5) is 43.5. The molecule has 0 spiro atoms. The van der Waals surface area contributed by atoms with Gasteiger partial charge in [-0.25, -0.2) is 9.78 Å². The summed E-state index contributed by atoms with van der Waals surface area (Å²) < 4.78 is 11.0. The standard InChI is InChI=1S/C24H24N4O5S/c29-21(18-7-4-12-28(18)24(31)32-13-15-5-2-1-3-6-15)27-23-26-17(14-34-23)19-10-11-20(33-19)22(30)25-16-8-9-16/h1-3,5-6,10-11,14,16,18H,4,7-9,12-13H2,(H,25,30)(H,26,27,29). The zero-order chi connectivity index (χ0) is 23.5. The molecule has 176 valence electrons. The van der Waals surface area contributed by atoms with Gasteiger partial charge in [-0.2, -0.15) is 0 Å². The van der Waals surface area contributed by atoms with Gasteiger partial charge < -0.3 is 19.8 Å². The number of likely N-dealkylation sites (tertiary alicyclic amines) is 1. The first-order valence-electron chi connectivity index (χ1n) is 11.2. The fraction of sp³-hybridized carbons (Fsp3) is 0.333. The van der Waals surface area contributed by atoms with Crippen LogP contribution in [0.5, 0.6) is 0 Å². The van der Waals surface area contributed by atoms with Gasteiger partial charge in [0, 0.05) is 18.0 Å². The molecular weight excluding hydrogens is 456 g/mol. The molecule has 2 fully saturated rings. The van der Waals surface area contributed by atoms with Crippen LogP contribution in [-0.4, -0.2) is 46.4 Å². The Morgan fingerprint density at radius 3 is 2.74 bits per heavy atom. The molecule has 1 aliphatic carbocycles. The maximum Gasteiger partial charge on any atom is 0.410 e. The van der Waals surface area contributed by atoms with Crippen molar-refractivity contribution in [2.24, 2.45) is 0 Å². The van der Waals surface area contributed by atoms with E-state index in [2.05, 4.69) is 15.6 Å². The molecule has 0 bridgehead atoms. The van der Waals surface area contributed by atoms with E-state index in [1.165, 1.54) is 16.2 Å². The third kappa shape index (κ3) is 5.12. The Balaban J connectivity index is 1.18. The van der Waals surface area contributed by atoms with Crippen LogP contribution in [0.3, 0.4) is 0 Å². The summed E-state index contributed by atoms with van der Waals surface area (Å²) in [5.41, 5.74) is 1.41. The number of anilines is 1. The van der Waals surface area contributed by atoms with Crippen molar-refractivity contribution in [3.63, 3.8) is 0 Å². The molecule has 3 heterocycles. The summed E-state index contributed by atoms with van der Waals surface area (Å²) in [5, 5.41) is 7.81. The molecule has 34 heavy (non-hydrogen) atoms. The van der Waals surface area contributed by atoms with E-state index < -0.39 is 12.1 Å². The van der Waals surface area contributed by atoms with Gasteiger partial charge in [0.05, 0.1) is 0 Å². The highest BCUT2D eigenvalue weighted by Crippen LogP contribution is 2.28. The minimum absolute atomic E-state index is 0.157. The highest BCUT2D eigenvalue weighted by atomic mass is 32.1. The Labute approximate surface area is 200 Å². The molecule has 3 aromatic rings. The van der Waals surface area contributed by atoms with Gasteiger partial charge in [0.1, 0.15) is 18.3 Å². The fourth-order valence-corrected chi connectivity index (χ4v) is 4.48. The Morgan fingerprint density at radius 1 is 1.12 bits per heavy atom. The lowest BCUT2D eigenvalue weighted by Gasteiger charge is -2.22. The molecule has 1 aliphatic heterocycles. The van der Waals surface area contributed by atoms with E-state index in [1.807, 2.05) is 30.3 Å². The summed E-state index contributed by atoms with van der Waals surface area (Å²) in [6, 6.07) is 12.3. The number of aromatic nitrogens is 1. The quantitative estimate of drug-likeness (QED) is 0.528. The molecule has 1 unspecified atom stereocenters. The van der Waals surface area contributed by atoms with E-state index in [0.29, 0.717) is 29.6 Å². The number of nitrogens with zero attached hydrogens (tertiary/aromatic N) is 2. The smallest absolute Gasteiger partial charge is 0.410 e. The normalized spacial score (nSPS) is 17.4. The average molecular weight is 481 g/mol. The first kappa shape index (κ1) is 22.1. The van der Waals surface area contributed by atoms with E-state index in [1.54, 1.807) is 17.5 Å². The number of carbonyl (C=O) groups is 3. The summed E-state index contributed by atoms with van der Waals surface area (Å²) in [6.07, 6.45) is 2.77. The van der Waals surface area contributed by atoms with Gasteiger partial charge in [-0.1, -0.05) is 30.3 Å². The second kappa shape index (κ2) is 9.68. The van der Waals surface area contributed by atoms with Crippen molar-refractivity contribution in [3.05, 3.63) is 59.2 Å². The molecule has 1 atom stereocenters. The molecule has 1 saturated heterocycles. The van der Waals surface area contributed by atoms with Crippen LogP contribution < -0.4 is 10.6 Å². The Kier molecular flexibility index (Phi) is 6.31. The molecule has 9 nitrogen and oxygen atoms in total. The summed E-state index contributed by atoms with van der Waals surface area (Å²) >= 11 is 1.25. The molecule has 2 aliphatic rings. The largest absolute Gasteiger partial charge is 0.449 e. The molecule has 2 aromatic heterocycles.